The van der Waals surface area contributed by atoms with Crippen LogP contribution >= 0.6 is 15.9 Å². The Bertz CT molecular complexity index is 506. The molecule has 0 spiro atoms. The summed E-state index contributed by atoms with van der Waals surface area (Å²) < 4.78 is 1.10. The van der Waals surface area contributed by atoms with Gasteiger partial charge in [0.2, 0.25) is 0 Å². The number of aromatic nitrogens is 2. The fourth-order valence-electron chi connectivity index (χ4n) is 1.96. The maximum Gasteiger partial charge on any atom is 0.137 e. The maximum absolute atomic E-state index is 4.45. The second kappa shape index (κ2) is 3.74. The minimum Gasteiger partial charge on any atom is -0.342 e. The molecule has 0 bridgehead atoms. The van der Waals surface area contributed by atoms with E-state index in [1.165, 1.54) is 24.1 Å². The van der Waals surface area contributed by atoms with Crippen molar-refractivity contribution in [3.8, 4) is 11.4 Å². The van der Waals surface area contributed by atoms with Crippen molar-refractivity contribution in [2.45, 2.75) is 25.7 Å². The summed E-state index contributed by atoms with van der Waals surface area (Å²) in [5.74, 6) is 1.71. The Morgan fingerprint density at radius 3 is 2.81 bits per heavy atom. The van der Waals surface area contributed by atoms with Crippen molar-refractivity contribution < 1.29 is 0 Å². The van der Waals surface area contributed by atoms with Crippen LogP contribution in [0.5, 0.6) is 0 Å². The van der Waals surface area contributed by atoms with E-state index in [0.29, 0.717) is 0 Å². The molecule has 2 aromatic rings. The van der Waals surface area contributed by atoms with Gasteiger partial charge in [0.25, 0.3) is 0 Å². The lowest BCUT2D eigenvalue weighted by molar-refractivity contribution is 1.05. The standard InChI is InChI=1S/C13H13BrN2/c1-8-4-10(6-11(14)5-8)13-15-7-12(16-13)9-2-3-9/h4-7,9H,2-3H2,1H3,(H,15,16). The average molecular weight is 277 g/mol. The summed E-state index contributed by atoms with van der Waals surface area (Å²) in [4.78, 5) is 7.87. The Labute approximate surface area is 103 Å². The Morgan fingerprint density at radius 1 is 1.31 bits per heavy atom. The molecule has 0 radical (unpaired) electrons. The highest BCUT2D eigenvalue weighted by atomic mass is 79.9. The number of rotatable bonds is 2. The summed E-state index contributed by atoms with van der Waals surface area (Å²) in [6, 6.07) is 6.36. The number of H-pyrrole nitrogens is 1. The smallest absolute Gasteiger partial charge is 0.137 e. The first-order valence-electron chi connectivity index (χ1n) is 5.55. The number of hydrogen-bond donors (Lipinski definition) is 1. The van der Waals surface area contributed by atoms with Gasteiger partial charge in [0.15, 0.2) is 0 Å². The quantitative estimate of drug-likeness (QED) is 0.882. The Morgan fingerprint density at radius 2 is 2.12 bits per heavy atom. The summed E-state index contributed by atoms with van der Waals surface area (Å²) >= 11 is 3.52. The van der Waals surface area contributed by atoms with Gasteiger partial charge < -0.3 is 4.98 Å². The van der Waals surface area contributed by atoms with Crippen molar-refractivity contribution >= 4 is 15.9 Å². The lowest BCUT2D eigenvalue weighted by atomic mass is 10.1. The third-order valence-corrected chi connectivity index (χ3v) is 3.39. The molecule has 0 amide bonds. The molecule has 16 heavy (non-hydrogen) atoms. The number of nitrogens with zero attached hydrogens (tertiary/aromatic N) is 1. The zero-order valence-corrected chi connectivity index (χ0v) is 10.7. The summed E-state index contributed by atoms with van der Waals surface area (Å²) in [5, 5.41) is 0. The minimum absolute atomic E-state index is 0.731. The van der Waals surface area contributed by atoms with Crippen molar-refractivity contribution in [1.29, 1.82) is 0 Å². The van der Waals surface area contributed by atoms with Gasteiger partial charge in [-0.25, -0.2) is 4.98 Å². The number of nitrogens with one attached hydrogen (secondary N) is 1. The van der Waals surface area contributed by atoms with Crippen LogP contribution in [-0.4, -0.2) is 9.97 Å². The van der Waals surface area contributed by atoms with Crippen LogP contribution in [0.4, 0.5) is 0 Å². The lowest BCUT2D eigenvalue weighted by Gasteiger charge is -2.00. The van der Waals surface area contributed by atoms with Crippen LogP contribution in [0, 0.1) is 6.92 Å². The number of imidazole rings is 1. The molecule has 0 unspecified atom stereocenters. The summed E-state index contributed by atoms with van der Waals surface area (Å²) in [7, 11) is 0. The number of halogens is 1. The first-order valence-corrected chi connectivity index (χ1v) is 6.34. The van der Waals surface area contributed by atoms with Gasteiger partial charge in [0.05, 0.1) is 0 Å². The van der Waals surface area contributed by atoms with Crippen molar-refractivity contribution in [2.75, 3.05) is 0 Å². The van der Waals surface area contributed by atoms with Crippen LogP contribution in [-0.2, 0) is 0 Å². The molecular weight excluding hydrogens is 264 g/mol. The van der Waals surface area contributed by atoms with Gasteiger partial charge in [-0.3, -0.25) is 0 Å². The summed E-state index contributed by atoms with van der Waals surface area (Å²) in [5.41, 5.74) is 3.68. The Kier molecular flexibility index (Phi) is 2.36. The van der Waals surface area contributed by atoms with E-state index in [1.54, 1.807) is 0 Å². The molecule has 3 heteroatoms. The van der Waals surface area contributed by atoms with Gasteiger partial charge in [0, 0.05) is 27.8 Å². The van der Waals surface area contributed by atoms with E-state index in [2.05, 4.69) is 51.0 Å². The normalized spacial score (nSPS) is 15.4. The number of benzene rings is 1. The van der Waals surface area contributed by atoms with Crippen molar-refractivity contribution in [3.05, 3.63) is 40.1 Å². The van der Waals surface area contributed by atoms with Crippen LogP contribution in [0.1, 0.15) is 30.0 Å². The average Bonchev–Trinajstić information content (AvgIpc) is 2.95. The number of aromatic amines is 1. The van der Waals surface area contributed by atoms with Crippen LogP contribution < -0.4 is 0 Å². The molecule has 0 atom stereocenters. The second-order valence-corrected chi connectivity index (χ2v) is 5.39. The van der Waals surface area contributed by atoms with Crippen molar-refractivity contribution in [3.63, 3.8) is 0 Å². The molecule has 2 nitrogen and oxygen atoms in total. The van der Waals surface area contributed by atoms with Crippen molar-refractivity contribution in [1.82, 2.24) is 9.97 Å². The molecule has 1 aromatic heterocycles. The van der Waals surface area contributed by atoms with E-state index in [4.69, 9.17) is 0 Å². The van der Waals surface area contributed by atoms with Crippen molar-refractivity contribution in [2.24, 2.45) is 0 Å². The molecule has 1 N–H and O–H groups in total. The monoisotopic (exact) mass is 276 g/mol. The van der Waals surface area contributed by atoms with Gasteiger partial charge in [-0.2, -0.15) is 0 Å². The molecule has 0 aliphatic heterocycles. The highest BCUT2D eigenvalue weighted by Gasteiger charge is 2.25. The summed E-state index contributed by atoms with van der Waals surface area (Å²) in [6.45, 7) is 2.10. The third-order valence-electron chi connectivity index (χ3n) is 2.93. The van der Waals surface area contributed by atoms with E-state index < -0.39 is 0 Å². The van der Waals surface area contributed by atoms with E-state index in [9.17, 15) is 0 Å². The van der Waals surface area contributed by atoms with Gasteiger partial charge in [-0.15, -0.1) is 0 Å². The van der Waals surface area contributed by atoms with E-state index in [0.717, 1.165) is 21.8 Å². The second-order valence-electron chi connectivity index (χ2n) is 4.48. The molecule has 0 saturated heterocycles. The predicted octanol–water partition coefficient (Wildman–Crippen LogP) is 4.03. The SMILES string of the molecule is Cc1cc(Br)cc(-c2ncc(C3CC3)[nH]2)c1. The molecule has 1 heterocycles. The van der Waals surface area contributed by atoms with Gasteiger partial charge in [0.1, 0.15) is 5.82 Å². The van der Waals surface area contributed by atoms with E-state index in [1.807, 2.05) is 6.20 Å². The highest BCUT2D eigenvalue weighted by Crippen LogP contribution is 2.39. The largest absolute Gasteiger partial charge is 0.342 e. The topological polar surface area (TPSA) is 28.7 Å². The molecular formula is C13H13BrN2. The van der Waals surface area contributed by atoms with Crippen LogP contribution in [0.15, 0.2) is 28.9 Å². The summed E-state index contributed by atoms with van der Waals surface area (Å²) in [6.07, 6.45) is 4.58. The molecule has 82 valence electrons. The fourth-order valence-corrected chi connectivity index (χ4v) is 2.56. The van der Waals surface area contributed by atoms with Crippen LogP contribution in [0.2, 0.25) is 0 Å². The van der Waals surface area contributed by atoms with Crippen LogP contribution in [0.25, 0.3) is 11.4 Å². The first kappa shape index (κ1) is 10.1. The maximum atomic E-state index is 4.45. The zero-order chi connectivity index (χ0) is 11.1. The van der Waals surface area contributed by atoms with Gasteiger partial charge >= 0.3 is 0 Å². The number of aryl methyl sites for hydroxylation is 1. The predicted molar refractivity (Wildman–Crippen MR) is 68.4 cm³/mol. The lowest BCUT2D eigenvalue weighted by Crippen LogP contribution is -1.84. The fraction of sp³-hybridized carbons (Fsp3) is 0.308. The highest BCUT2D eigenvalue weighted by molar-refractivity contribution is 9.10. The minimum atomic E-state index is 0.731. The molecule has 1 fully saturated rings. The molecule has 1 saturated carbocycles. The third kappa shape index (κ3) is 1.92. The Hall–Kier alpha value is -1.09. The molecule has 1 aromatic carbocycles. The van der Waals surface area contributed by atoms with Gasteiger partial charge in [-0.05, 0) is 43.5 Å². The molecule has 1 aliphatic carbocycles. The molecule has 3 rings (SSSR count). The van der Waals surface area contributed by atoms with E-state index >= 15 is 0 Å². The zero-order valence-electron chi connectivity index (χ0n) is 9.13. The Balaban J connectivity index is 2.00. The first-order chi connectivity index (χ1) is 7.72. The van der Waals surface area contributed by atoms with E-state index in [-0.39, 0.29) is 0 Å². The van der Waals surface area contributed by atoms with Crippen LogP contribution in [0.3, 0.4) is 0 Å². The number of hydrogen-bond acceptors (Lipinski definition) is 1. The molecule has 1 aliphatic rings. The van der Waals surface area contributed by atoms with Gasteiger partial charge in [-0.1, -0.05) is 15.9 Å².